The van der Waals surface area contributed by atoms with Crippen molar-refractivity contribution < 1.29 is 4.42 Å². The molecule has 0 amide bonds. The zero-order valence-electron chi connectivity index (χ0n) is 14.5. The largest absolute Gasteiger partial charge is 0.444 e. The number of hydrogen-bond donors (Lipinski definition) is 0. The highest BCUT2D eigenvalue weighted by molar-refractivity contribution is 5.22. The van der Waals surface area contributed by atoms with E-state index >= 15 is 0 Å². The van der Waals surface area contributed by atoms with E-state index in [0.29, 0.717) is 5.92 Å². The van der Waals surface area contributed by atoms with Crippen molar-refractivity contribution in [2.45, 2.75) is 58.0 Å². The fourth-order valence-electron chi connectivity index (χ4n) is 4.40. The van der Waals surface area contributed by atoms with Gasteiger partial charge in [-0.3, -0.25) is 9.69 Å². The van der Waals surface area contributed by atoms with Gasteiger partial charge >= 0.3 is 0 Å². The van der Waals surface area contributed by atoms with Gasteiger partial charge in [-0.1, -0.05) is 0 Å². The Morgan fingerprint density at radius 1 is 1.08 bits per heavy atom. The van der Waals surface area contributed by atoms with Crippen LogP contribution in [0.4, 0.5) is 0 Å². The van der Waals surface area contributed by atoms with Crippen molar-refractivity contribution in [1.29, 1.82) is 0 Å². The van der Waals surface area contributed by atoms with Crippen LogP contribution in [0.3, 0.4) is 0 Å². The molecular formula is C19H24N4O2. The van der Waals surface area contributed by atoms with E-state index in [1.54, 1.807) is 10.7 Å². The van der Waals surface area contributed by atoms with Gasteiger partial charge in [-0.15, -0.1) is 0 Å². The highest BCUT2D eigenvalue weighted by atomic mass is 16.4. The number of fused-ring (bicyclic) bond motifs is 2. The smallest absolute Gasteiger partial charge is 0.267 e. The normalized spacial score (nSPS) is 20.3. The predicted molar refractivity (Wildman–Crippen MR) is 92.4 cm³/mol. The average molecular weight is 340 g/mol. The van der Waals surface area contributed by atoms with E-state index < -0.39 is 0 Å². The summed E-state index contributed by atoms with van der Waals surface area (Å²) in [6.07, 6.45) is 7.70. The van der Waals surface area contributed by atoms with Crippen molar-refractivity contribution in [2.75, 3.05) is 13.1 Å². The second-order valence-corrected chi connectivity index (χ2v) is 7.73. The molecule has 0 saturated carbocycles. The average Bonchev–Trinajstić information content (AvgIpc) is 3.18. The molecule has 1 aliphatic heterocycles. The maximum absolute atomic E-state index is 12.2. The first-order valence-corrected chi connectivity index (χ1v) is 9.54. The van der Waals surface area contributed by atoms with Crippen LogP contribution in [-0.4, -0.2) is 32.8 Å². The molecule has 0 atom stereocenters. The predicted octanol–water partition coefficient (Wildman–Crippen LogP) is 1.73. The summed E-state index contributed by atoms with van der Waals surface area (Å²) in [5, 5.41) is 4.58. The van der Waals surface area contributed by atoms with Crippen molar-refractivity contribution in [3.63, 3.8) is 0 Å². The number of hydrogen-bond acceptors (Lipinski definition) is 5. The summed E-state index contributed by atoms with van der Waals surface area (Å²) >= 11 is 0. The van der Waals surface area contributed by atoms with E-state index in [1.807, 2.05) is 0 Å². The molecule has 132 valence electrons. The van der Waals surface area contributed by atoms with Crippen molar-refractivity contribution in [3.05, 3.63) is 45.0 Å². The minimum atomic E-state index is 0.0551. The Balaban J connectivity index is 1.18. The minimum Gasteiger partial charge on any atom is -0.444 e. The molecule has 0 spiro atoms. The van der Waals surface area contributed by atoms with Gasteiger partial charge < -0.3 is 4.42 Å². The van der Waals surface area contributed by atoms with E-state index in [-0.39, 0.29) is 5.56 Å². The molecule has 1 saturated heterocycles. The van der Waals surface area contributed by atoms with Crippen LogP contribution in [0.25, 0.3) is 0 Å². The van der Waals surface area contributed by atoms with Gasteiger partial charge in [0.25, 0.3) is 5.56 Å². The molecule has 3 aliphatic rings. The number of likely N-dealkylation sites (tertiary alicyclic amines) is 1. The lowest BCUT2D eigenvalue weighted by Gasteiger charge is -2.38. The number of rotatable bonds is 4. The monoisotopic (exact) mass is 340 g/mol. The molecule has 0 radical (unpaired) electrons. The highest BCUT2D eigenvalue weighted by Gasteiger charge is 2.29. The highest BCUT2D eigenvalue weighted by Crippen LogP contribution is 2.25. The first kappa shape index (κ1) is 15.3. The van der Waals surface area contributed by atoms with E-state index in [1.165, 1.54) is 18.5 Å². The van der Waals surface area contributed by atoms with Crippen LogP contribution in [0.5, 0.6) is 0 Å². The molecule has 25 heavy (non-hydrogen) atoms. The Morgan fingerprint density at radius 2 is 1.92 bits per heavy atom. The first-order valence-electron chi connectivity index (χ1n) is 9.54. The molecule has 5 rings (SSSR count). The maximum Gasteiger partial charge on any atom is 0.267 e. The summed E-state index contributed by atoms with van der Waals surface area (Å²) < 4.78 is 7.59. The third kappa shape index (κ3) is 2.92. The van der Waals surface area contributed by atoms with E-state index in [4.69, 9.17) is 4.42 Å². The zero-order chi connectivity index (χ0) is 16.8. The molecule has 1 fully saturated rings. The number of aryl methyl sites for hydroxylation is 4. The van der Waals surface area contributed by atoms with E-state index in [2.05, 4.69) is 15.0 Å². The standard InChI is InChI=1S/C19H24N4O2/c24-19-8-14-4-3-6-15(14)21-23(19)11-13-9-22(10-13)12-18-20-16-5-1-2-7-17(16)25-18/h8,13H,1-7,9-12H2. The van der Waals surface area contributed by atoms with Crippen LogP contribution >= 0.6 is 0 Å². The van der Waals surface area contributed by atoms with Crippen LogP contribution in [0.1, 0.15) is 47.9 Å². The van der Waals surface area contributed by atoms with Crippen LogP contribution < -0.4 is 5.56 Å². The van der Waals surface area contributed by atoms with Gasteiger partial charge in [0.15, 0.2) is 0 Å². The number of oxazole rings is 1. The molecule has 0 bridgehead atoms. The molecule has 0 aromatic carbocycles. The zero-order valence-corrected chi connectivity index (χ0v) is 14.5. The summed E-state index contributed by atoms with van der Waals surface area (Å²) in [6.45, 7) is 3.48. The lowest BCUT2D eigenvalue weighted by atomic mass is 10.0. The summed E-state index contributed by atoms with van der Waals surface area (Å²) in [5.41, 5.74) is 3.51. The third-order valence-electron chi connectivity index (χ3n) is 5.74. The summed E-state index contributed by atoms with van der Waals surface area (Å²) in [4.78, 5) is 19.2. The number of nitrogens with zero attached hydrogens (tertiary/aromatic N) is 4. The van der Waals surface area contributed by atoms with Crippen LogP contribution in [0.2, 0.25) is 0 Å². The molecular weight excluding hydrogens is 316 g/mol. The second-order valence-electron chi connectivity index (χ2n) is 7.73. The van der Waals surface area contributed by atoms with Gasteiger partial charge in [0, 0.05) is 31.5 Å². The van der Waals surface area contributed by atoms with E-state index in [0.717, 1.165) is 81.2 Å². The number of aromatic nitrogens is 3. The quantitative estimate of drug-likeness (QED) is 0.848. The molecule has 6 nitrogen and oxygen atoms in total. The van der Waals surface area contributed by atoms with Crippen LogP contribution in [-0.2, 0) is 38.8 Å². The van der Waals surface area contributed by atoms with E-state index in [9.17, 15) is 4.79 Å². The molecule has 2 aromatic heterocycles. The Hall–Kier alpha value is -1.95. The molecule has 6 heteroatoms. The Kier molecular flexibility index (Phi) is 3.73. The van der Waals surface area contributed by atoms with Crippen molar-refractivity contribution in [2.24, 2.45) is 5.92 Å². The molecule has 2 aromatic rings. The minimum absolute atomic E-state index is 0.0551. The summed E-state index contributed by atoms with van der Waals surface area (Å²) in [6, 6.07) is 1.79. The van der Waals surface area contributed by atoms with Gasteiger partial charge in [0.05, 0.1) is 24.5 Å². The Morgan fingerprint density at radius 3 is 2.80 bits per heavy atom. The Bertz CT molecular complexity index is 824. The van der Waals surface area contributed by atoms with Crippen molar-refractivity contribution in [1.82, 2.24) is 19.7 Å². The van der Waals surface area contributed by atoms with Crippen molar-refractivity contribution in [3.8, 4) is 0 Å². The summed E-state index contributed by atoms with van der Waals surface area (Å²) in [7, 11) is 0. The van der Waals surface area contributed by atoms with Gasteiger partial charge in [0.1, 0.15) is 5.76 Å². The van der Waals surface area contributed by atoms with Crippen LogP contribution in [0, 0.1) is 5.92 Å². The lowest BCUT2D eigenvalue weighted by Crippen LogP contribution is -2.49. The lowest BCUT2D eigenvalue weighted by molar-refractivity contribution is 0.0675. The molecule has 2 aliphatic carbocycles. The maximum atomic E-state index is 12.2. The van der Waals surface area contributed by atoms with Gasteiger partial charge in [-0.25, -0.2) is 9.67 Å². The molecule has 3 heterocycles. The fourth-order valence-corrected chi connectivity index (χ4v) is 4.40. The fraction of sp³-hybridized carbons (Fsp3) is 0.632. The van der Waals surface area contributed by atoms with Gasteiger partial charge in [-0.05, 0) is 44.1 Å². The second kappa shape index (κ2) is 6.09. The topological polar surface area (TPSA) is 64.2 Å². The molecule has 0 unspecified atom stereocenters. The first-order chi connectivity index (χ1) is 12.2. The van der Waals surface area contributed by atoms with Crippen LogP contribution in [0.15, 0.2) is 15.3 Å². The Labute approximate surface area is 146 Å². The van der Waals surface area contributed by atoms with Gasteiger partial charge in [0.2, 0.25) is 5.89 Å². The third-order valence-corrected chi connectivity index (χ3v) is 5.74. The summed E-state index contributed by atoms with van der Waals surface area (Å²) in [5.74, 6) is 2.46. The van der Waals surface area contributed by atoms with Crippen molar-refractivity contribution >= 4 is 0 Å². The molecule has 0 N–H and O–H groups in total. The van der Waals surface area contributed by atoms with Gasteiger partial charge in [-0.2, -0.15) is 5.10 Å². The SMILES string of the molecule is O=c1cc2c(nn1CC1CN(Cc3nc4c(o3)CCCC4)C1)CCC2.